The van der Waals surface area contributed by atoms with Crippen LogP contribution in [0.1, 0.15) is 22.0 Å². The number of nitro groups is 1. The normalized spacial score (nSPS) is 12.0. The molecule has 2 aromatic rings. The van der Waals surface area contributed by atoms with E-state index in [4.69, 9.17) is 5.73 Å². The van der Waals surface area contributed by atoms with Crippen molar-refractivity contribution in [2.75, 3.05) is 26.0 Å². The second kappa shape index (κ2) is 7.83. The molecular weight excluding hydrogens is 348 g/mol. The molecule has 1 atom stereocenters. The van der Waals surface area contributed by atoms with Crippen molar-refractivity contribution in [1.82, 2.24) is 9.88 Å². The van der Waals surface area contributed by atoms with E-state index in [0.717, 1.165) is 24.4 Å². The Morgan fingerprint density at radius 3 is 2.50 bits per heavy atom. The van der Waals surface area contributed by atoms with E-state index in [9.17, 15) is 23.7 Å². The van der Waals surface area contributed by atoms with Gasteiger partial charge >= 0.3 is 0 Å². The maximum Gasteiger partial charge on any atom is 0.288 e. The molecule has 0 radical (unpaired) electrons. The number of nitrogens with zero attached hydrogens (tertiary/aromatic N) is 3. The number of benzene rings is 1. The summed E-state index contributed by atoms with van der Waals surface area (Å²) in [5.74, 6) is -2.34. The van der Waals surface area contributed by atoms with Crippen molar-refractivity contribution in [2.24, 2.45) is 5.73 Å². The topological polar surface area (TPSA) is 114 Å². The van der Waals surface area contributed by atoms with Gasteiger partial charge in [-0.15, -0.1) is 0 Å². The predicted octanol–water partition coefficient (Wildman–Crippen LogP) is 2.08. The molecule has 1 aromatic carbocycles. The lowest BCUT2D eigenvalue weighted by Gasteiger charge is -2.26. The van der Waals surface area contributed by atoms with Crippen molar-refractivity contribution >= 4 is 17.4 Å². The lowest BCUT2D eigenvalue weighted by Crippen LogP contribution is -2.29. The average Bonchev–Trinajstić information content (AvgIpc) is 2.56. The minimum absolute atomic E-state index is 0.00769. The Morgan fingerprint density at radius 2 is 2.00 bits per heavy atom. The van der Waals surface area contributed by atoms with Crippen LogP contribution >= 0.6 is 0 Å². The number of primary amides is 1. The average molecular weight is 365 g/mol. The van der Waals surface area contributed by atoms with Crippen LogP contribution in [0, 0.1) is 21.7 Å². The molecule has 0 saturated heterocycles. The van der Waals surface area contributed by atoms with Gasteiger partial charge in [0.2, 0.25) is 0 Å². The van der Waals surface area contributed by atoms with Crippen LogP contribution in [0.25, 0.3) is 0 Å². The minimum Gasteiger partial charge on any atom is -0.367 e. The van der Waals surface area contributed by atoms with Crippen LogP contribution < -0.4 is 11.1 Å². The number of nitrogens with two attached hydrogens (primary N) is 1. The van der Waals surface area contributed by atoms with Gasteiger partial charge in [0.25, 0.3) is 11.6 Å². The Hall–Kier alpha value is -3.14. The Labute approximate surface area is 147 Å². The van der Waals surface area contributed by atoms with E-state index in [1.54, 1.807) is 19.0 Å². The highest BCUT2D eigenvalue weighted by atomic mass is 19.1. The van der Waals surface area contributed by atoms with Crippen molar-refractivity contribution < 1.29 is 18.5 Å². The molecule has 0 aliphatic rings. The fourth-order valence-electron chi connectivity index (χ4n) is 2.45. The van der Waals surface area contributed by atoms with Gasteiger partial charge in [0.1, 0.15) is 23.6 Å². The highest BCUT2D eigenvalue weighted by Gasteiger charge is 2.23. The van der Waals surface area contributed by atoms with E-state index in [2.05, 4.69) is 10.3 Å². The van der Waals surface area contributed by atoms with Crippen LogP contribution in [0.2, 0.25) is 0 Å². The molecule has 0 spiro atoms. The Bertz CT molecular complexity index is 824. The van der Waals surface area contributed by atoms with Gasteiger partial charge in [-0.05, 0) is 26.2 Å². The zero-order chi connectivity index (χ0) is 19.4. The van der Waals surface area contributed by atoms with E-state index < -0.39 is 34.2 Å². The molecular formula is C16H17F2N5O3. The first-order chi connectivity index (χ1) is 12.2. The van der Waals surface area contributed by atoms with Gasteiger partial charge in [0.05, 0.1) is 16.5 Å². The van der Waals surface area contributed by atoms with Crippen LogP contribution in [-0.4, -0.2) is 41.4 Å². The van der Waals surface area contributed by atoms with Gasteiger partial charge in [0, 0.05) is 18.2 Å². The molecule has 3 N–H and O–H groups in total. The van der Waals surface area contributed by atoms with Crippen molar-refractivity contribution in [3.8, 4) is 0 Å². The maximum atomic E-state index is 14.1. The second-order valence-corrected chi connectivity index (χ2v) is 5.71. The number of carbonyl (C=O) groups is 1. The van der Waals surface area contributed by atoms with Crippen molar-refractivity contribution in [1.29, 1.82) is 0 Å². The zero-order valence-electron chi connectivity index (χ0n) is 14.1. The molecule has 8 nitrogen and oxygen atoms in total. The first-order valence-corrected chi connectivity index (χ1v) is 7.50. The number of aromatic nitrogens is 1. The van der Waals surface area contributed by atoms with E-state index in [1.807, 2.05) is 0 Å². The highest BCUT2D eigenvalue weighted by Crippen LogP contribution is 2.26. The van der Waals surface area contributed by atoms with Crippen molar-refractivity contribution in [2.45, 2.75) is 6.04 Å². The molecule has 138 valence electrons. The number of rotatable bonds is 7. The van der Waals surface area contributed by atoms with E-state index in [-0.39, 0.29) is 23.5 Å². The molecule has 0 bridgehead atoms. The van der Waals surface area contributed by atoms with E-state index in [0.29, 0.717) is 0 Å². The lowest BCUT2D eigenvalue weighted by atomic mass is 10.0. The van der Waals surface area contributed by atoms with Crippen LogP contribution in [0.15, 0.2) is 30.5 Å². The summed E-state index contributed by atoms with van der Waals surface area (Å²) in [6.45, 7) is -0.0179. The monoisotopic (exact) mass is 365 g/mol. The third kappa shape index (κ3) is 4.09. The zero-order valence-corrected chi connectivity index (χ0v) is 14.1. The summed E-state index contributed by atoms with van der Waals surface area (Å²) in [4.78, 5) is 27.1. The summed E-state index contributed by atoms with van der Waals surface area (Å²) >= 11 is 0. The molecule has 1 heterocycles. The van der Waals surface area contributed by atoms with Gasteiger partial charge in [-0.1, -0.05) is 6.07 Å². The van der Waals surface area contributed by atoms with Crippen LogP contribution in [-0.2, 0) is 0 Å². The largest absolute Gasteiger partial charge is 0.367 e. The summed E-state index contributed by atoms with van der Waals surface area (Å²) in [6, 6.07) is 3.82. The molecule has 0 aliphatic carbocycles. The lowest BCUT2D eigenvalue weighted by molar-refractivity contribution is -0.385. The molecule has 10 heteroatoms. The third-order valence-electron chi connectivity index (χ3n) is 3.77. The number of hydrogen-bond donors (Lipinski definition) is 2. The summed E-state index contributed by atoms with van der Waals surface area (Å²) < 4.78 is 28.2. The van der Waals surface area contributed by atoms with E-state index >= 15 is 0 Å². The van der Waals surface area contributed by atoms with Gasteiger partial charge in [-0.2, -0.15) is 0 Å². The number of anilines is 1. The molecule has 0 aliphatic heterocycles. The van der Waals surface area contributed by atoms with Gasteiger partial charge in [0.15, 0.2) is 0 Å². The second-order valence-electron chi connectivity index (χ2n) is 5.71. The van der Waals surface area contributed by atoms with E-state index in [1.165, 1.54) is 6.07 Å². The van der Waals surface area contributed by atoms with Crippen LogP contribution in [0.3, 0.4) is 0 Å². The summed E-state index contributed by atoms with van der Waals surface area (Å²) in [5.41, 5.74) is 4.51. The van der Waals surface area contributed by atoms with Crippen molar-refractivity contribution in [3.05, 3.63) is 63.3 Å². The molecule has 26 heavy (non-hydrogen) atoms. The fraction of sp³-hybridized carbons (Fsp3) is 0.250. The molecule has 1 amide bonds. The first kappa shape index (κ1) is 19.2. The Kier molecular flexibility index (Phi) is 5.78. The van der Waals surface area contributed by atoms with Gasteiger partial charge in [-0.25, -0.2) is 13.8 Å². The standard InChI is InChI=1S/C16H17F2N5O3/c1-22(2)13(14-11(17)4-3-5-12(14)18)8-21-16-10(15(19)24)6-9(7-20-16)23(25)26/h3-7,13H,8H2,1-2H3,(H2,19,24)(H,20,21). The van der Waals surface area contributed by atoms with Crippen molar-refractivity contribution in [3.63, 3.8) is 0 Å². The number of nitrogens with one attached hydrogen (secondary N) is 1. The number of amides is 1. The number of likely N-dealkylation sites (N-methyl/N-ethyl adjacent to an activating group) is 1. The van der Waals surface area contributed by atoms with Gasteiger partial charge in [-0.3, -0.25) is 14.9 Å². The Morgan fingerprint density at radius 1 is 1.38 bits per heavy atom. The molecule has 2 rings (SSSR count). The summed E-state index contributed by atoms with van der Waals surface area (Å²) in [6.07, 6.45) is 0.961. The Balaban J connectivity index is 2.33. The van der Waals surface area contributed by atoms with Gasteiger partial charge < -0.3 is 16.0 Å². The number of halogens is 2. The molecule has 1 unspecified atom stereocenters. The molecule has 0 fully saturated rings. The van der Waals surface area contributed by atoms with Crippen LogP contribution in [0.5, 0.6) is 0 Å². The smallest absolute Gasteiger partial charge is 0.288 e. The third-order valence-corrected chi connectivity index (χ3v) is 3.77. The highest BCUT2D eigenvalue weighted by molar-refractivity contribution is 5.98. The maximum absolute atomic E-state index is 14.1. The number of hydrogen-bond acceptors (Lipinski definition) is 6. The molecule has 0 saturated carbocycles. The molecule has 1 aromatic heterocycles. The number of pyridine rings is 1. The number of carbonyl (C=O) groups excluding carboxylic acids is 1. The van der Waals surface area contributed by atoms with Crippen LogP contribution in [0.4, 0.5) is 20.3 Å². The first-order valence-electron chi connectivity index (χ1n) is 7.50. The summed E-state index contributed by atoms with van der Waals surface area (Å²) in [7, 11) is 3.27. The predicted molar refractivity (Wildman–Crippen MR) is 90.7 cm³/mol. The SMILES string of the molecule is CN(C)C(CNc1ncc([N+](=O)[O-])cc1C(N)=O)c1c(F)cccc1F. The summed E-state index contributed by atoms with van der Waals surface area (Å²) in [5, 5.41) is 13.6. The fourth-order valence-corrected chi connectivity index (χ4v) is 2.45. The quantitative estimate of drug-likeness (QED) is 0.573. The minimum atomic E-state index is -0.915.